The number of hydrogen-bond donors (Lipinski definition) is 1. The molecule has 0 saturated heterocycles. The van der Waals surface area contributed by atoms with E-state index in [0.717, 1.165) is 32.9 Å². The van der Waals surface area contributed by atoms with E-state index < -0.39 is 0 Å². The van der Waals surface area contributed by atoms with Crippen molar-refractivity contribution >= 4 is 46.5 Å². The number of nitrogens with one attached hydrogen (secondary N) is 1. The third kappa shape index (κ3) is 7.02. The topological polar surface area (TPSA) is 77.7 Å². The van der Waals surface area contributed by atoms with Crippen molar-refractivity contribution in [3.63, 3.8) is 0 Å². The number of carbonyl (C=O) groups excluding carboxylic acids is 1. The fourth-order valence-electron chi connectivity index (χ4n) is 4.05. The van der Waals surface area contributed by atoms with Gasteiger partial charge in [-0.1, -0.05) is 78.0 Å². The summed E-state index contributed by atoms with van der Waals surface area (Å²) < 4.78 is 13.5. The van der Waals surface area contributed by atoms with Crippen LogP contribution in [0, 0.1) is 0 Å². The zero-order valence-electron chi connectivity index (χ0n) is 21.8. The number of nitrogens with zero attached hydrogens (tertiary/aromatic N) is 3. The molecule has 0 radical (unpaired) electrons. The summed E-state index contributed by atoms with van der Waals surface area (Å²) in [6.45, 7) is 1.05. The molecule has 0 saturated carbocycles. The number of para-hydroxylation sites is 2. The molecule has 0 aliphatic heterocycles. The number of amides is 1. The van der Waals surface area contributed by atoms with Gasteiger partial charge >= 0.3 is 0 Å². The van der Waals surface area contributed by atoms with E-state index >= 15 is 0 Å². The summed E-state index contributed by atoms with van der Waals surface area (Å²) in [5, 5.41) is 5.57. The number of methoxy groups -OCH3 is 1. The van der Waals surface area contributed by atoms with Gasteiger partial charge in [0, 0.05) is 5.02 Å². The van der Waals surface area contributed by atoms with Crippen LogP contribution in [-0.2, 0) is 17.9 Å². The predicted octanol–water partition coefficient (Wildman–Crippen LogP) is 6.57. The molecule has 202 valence electrons. The van der Waals surface area contributed by atoms with E-state index in [1.807, 2.05) is 97.1 Å². The molecule has 40 heavy (non-hydrogen) atoms. The number of fused-ring (bicyclic) bond motifs is 1. The van der Waals surface area contributed by atoms with Crippen LogP contribution in [0.4, 0.5) is 0 Å². The van der Waals surface area contributed by atoms with Crippen LogP contribution in [0.15, 0.2) is 107 Å². The van der Waals surface area contributed by atoms with Gasteiger partial charge in [0.15, 0.2) is 16.7 Å². The maximum absolute atomic E-state index is 12.6. The van der Waals surface area contributed by atoms with Crippen molar-refractivity contribution in [2.24, 2.45) is 5.10 Å². The average Bonchev–Trinajstić information content (AvgIpc) is 3.34. The number of benzene rings is 4. The largest absolute Gasteiger partial charge is 0.493 e. The molecule has 0 bridgehead atoms. The third-order valence-electron chi connectivity index (χ3n) is 6.03. The SMILES string of the molecule is COc1cc(/C=N/NC(=O)CSc2nc3ccccc3n2Cc2ccc(Cl)cc2)ccc1OCc1ccccc1. The highest BCUT2D eigenvalue weighted by Crippen LogP contribution is 2.29. The Labute approximate surface area is 241 Å². The Balaban J connectivity index is 1.19. The van der Waals surface area contributed by atoms with Crippen LogP contribution in [0.5, 0.6) is 11.5 Å². The molecule has 9 heteroatoms. The molecule has 0 atom stereocenters. The van der Waals surface area contributed by atoms with Crippen LogP contribution in [0.2, 0.25) is 5.02 Å². The maximum atomic E-state index is 12.6. The summed E-state index contributed by atoms with van der Waals surface area (Å²) in [5.41, 5.74) is 7.40. The Hall–Kier alpha value is -4.27. The summed E-state index contributed by atoms with van der Waals surface area (Å²) in [5.74, 6) is 1.14. The van der Waals surface area contributed by atoms with E-state index in [0.29, 0.717) is 29.7 Å². The van der Waals surface area contributed by atoms with E-state index in [1.54, 1.807) is 13.3 Å². The summed E-state index contributed by atoms with van der Waals surface area (Å²) in [7, 11) is 1.59. The first kappa shape index (κ1) is 27.3. The smallest absolute Gasteiger partial charge is 0.250 e. The number of hydrogen-bond acceptors (Lipinski definition) is 6. The van der Waals surface area contributed by atoms with Gasteiger partial charge in [0.1, 0.15) is 6.61 Å². The van der Waals surface area contributed by atoms with Crippen molar-refractivity contribution in [2.45, 2.75) is 18.3 Å². The molecule has 0 aliphatic rings. The Bertz CT molecular complexity index is 1620. The van der Waals surface area contributed by atoms with Gasteiger partial charge in [-0.3, -0.25) is 4.79 Å². The first-order chi connectivity index (χ1) is 19.6. The predicted molar refractivity (Wildman–Crippen MR) is 161 cm³/mol. The number of halogens is 1. The standard InChI is InChI=1S/C31H27ClN4O3S/c1-38-29-17-24(13-16-28(29)39-20-23-7-3-2-4-8-23)18-33-35-30(37)21-40-31-34-26-9-5-6-10-27(26)36(31)19-22-11-14-25(32)15-12-22/h2-18H,19-21H2,1H3,(H,35,37)/b33-18+. The van der Waals surface area contributed by atoms with Crippen LogP contribution in [0.1, 0.15) is 16.7 Å². The van der Waals surface area contributed by atoms with E-state index in [-0.39, 0.29) is 11.7 Å². The van der Waals surface area contributed by atoms with E-state index in [1.165, 1.54) is 11.8 Å². The number of hydrazone groups is 1. The zero-order valence-corrected chi connectivity index (χ0v) is 23.4. The van der Waals surface area contributed by atoms with Crippen molar-refractivity contribution in [1.29, 1.82) is 0 Å². The summed E-state index contributed by atoms with van der Waals surface area (Å²) in [6, 6.07) is 31.1. The number of thioether (sulfide) groups is 1. The van der Waals surface area contributed by atoms with Crippen molar-refractivity contribution < 1.29 is 14.3 Å². The number of aromatic nitrogens is 2. The van der Waals surface area contributed by atoms with Crippen molar-refractivity contribution in [3.05, 3.63) is 119 Å². The van der Waals surface area contributed by atoms with Crippen LogP contribution in [0.25, 0.3) is 11.0 Å². The number of imidazole rings is 1. The molecule has 1 aromatic heterocycles. The van der Waals surface area contributed by atoms with E-state index in [9.17, 15) is 4.79 Å². The minimum absolute atomic E-state index is 0.164. The first-order valence-corrected chi connectivity index (χ1v) is 13.9. The van der Waals surface area contributed by atoms with Crippen LogP contribution in [-0.4, -0.2) is 34.5 Å². The lowest BCUT2D eigenvalue weighted by molar-refractivity contribution is -0.118. The maximum Gasteiger partial charge on any atom is 0.250 e. The van der Waals surface area contributed by atoms with E-state index in [2.05, 4.69) is 15.1 Å². The van der Waals surface area contributed by atoms with Crippen molar-refractivity contribution in [2.75, 3.05) is 12.9 Å². The van der Waals surface area contributed by atoms with Gasteiger partial charge < -0.3 is 14.0 Å². The molecule has 0 unspecified atom stereocenters. The van der Waals surface area contributed by atoms with Crippen molar-refractivity contribution in [1.82, 2.24) is 15.0 Å². The van der Waals surface area contributed by atoms with Gasteiger partial charge in [-0.25, -0.2) is 10.4 Å². The van der Waals surface area contributed by atoms with Gasteiger partial charge in [-0.15, -0.1) is 0 Å². The lowest BCUT2D eigenvalue weighted by Crippen LogP contribution is -2.20. The Morgan fingerprint density at radius 2 is 1.75 bits per heavy atom. The Morgan fingerprint density at radius 1 is 0.975 bits per heavy atom. The Kier molecular flexibility index (Phi) is 9.00. The van der Waals surface area contributed by atoms with Gasteiger partial charge in [-0.2, -0.15) is 5.10 Å². The molecule has 5 rings (SSSR count). The highest BCUT2D eigenvalue weighted by molar-refractivity contribution is 7.99. The number of carbonyl (C=O) groups is 1. The molecule has 0 fully saturated rings. The molecular weight excluding hydrogens is 544 g/mol. The van der Waals surface area contributed by atoms with Gasteiger partial charge in [0.2, 0.25) is 0 Å². The molecule has 4 aromatic carbocycles. The molecule has 1 N–H and O–H groups in total. The molecule has 1 heterocycles. The minimum Gasteiger partial charge on any atom is -0.493 e. The summed E-state index contributed by atoms with van der Waals surface area (Å²) in [4.78, 5) is 17.3. The van der Waals surface area contributed by atoms with Gasteiger partial charge in [-0.05, 0) is 59.2 Å². The van der Waals surface area contributed by atoms with Crippen LogP contribution >= 0.6 is 23.4 Å². The molecule has 5 aromatic rings. The first-order valence-electron chi connectivity index (χ1n) is 12.6. The average molecular weight is 571 g/mol. The second-order valence-corrected chi connectivity index (χ2v) is 10.2. The molecule has 0 spiro atoms. The highest BCUT2D eigenvalue weighted by Gasteiger charge is 2.13. The zero-order chi connectivity index (χ0) is 27.7. The second kappa shape index (κ2) is 13.2. The fourth-order valence-corrected chi connectivity index (χ4v) is 4.98. The van der Waals surface area contributed by atoms with E-state index in [4.69, 9.17) is 26.1 Å². The monoisotopic (exact) mass is 570 g/mol. The van der Waals surface area contributed by atoms with Gasteiger partial charge in [0.25, 0.3) is 5.91 Å². The van der Waals surface area contributed by atoms with Crippen molar-refractivity contribution in [3.8, 4) is 11.5 Å². The third-order valence-corrected chi connectivity index (χ3v) is 7.26. The lowest BCUT2D eigenvalue weighted by Gasteiger charge is -2.11. The molecule has 0 aliphatic carbocycles. The molecular formula is C31H27ClN4O3S. The van der Waals surface area contributed by atoms with Gasteiger partial charge in [0.05, 0.1) is 36.7 Å². The highest BCUT2D eigenvalue weighted by atomic mass is 35.5. The normalized spacial score (nSPS) is 11.2. The quantitative estimate of drug-likeness (QED) is 0.110. The number of ether oxygens (including phenoxy) is 2. The molecule has 7 nitrogen and oxygen atoms in total. The molecule has 1 amide bonds. The second-order valence-electron chi connectivity index (χ2n) is 8.86. The van der Waals surface area contributed by atoms with Crippen LogP contribution < -0.4 is 14.9 Å². The summed E-state index contributed by atoms with van der Waals surface area (Å²) in [6.07, 6.45) is 1.57. The Morgan fingerprint density at radius 3 is 2.55 bits per heavy atom. The fraction of sp³-hybridized carbons (Fsp3) is 0.129. The number of rotatable bonds is 11. The minimum atomic E-state index is -0.235. The van der Waals surface area contributed by atoms with Crippen LogP contribution in [0.3, 0.4) is 0 Å². The summed E-state index contributed by atoms with van der Waals surface area (Å²) >= 11 is 7.41. The lowest BCUT2D eigenvalue weighted by atomic mass is 10.2.